The van der Waals surface area contributed by atoms with Crippen LogP contribution in [0.2, 0.25) is 0 Å². The van der Waals surface area contributed by atoms with Crippen molar-refractivity contribution >= 4 is 47.3 Å². The average molecular weight is 753 g/mol. The van der Waals surface area contributed by atoms with Gasteiger partial charge in [-0.15, -0.1) is 0 Å². The van der Waals surface area contributed by atoms with Crippen molar-refractivity contribution in [3.63, 3.8) is 0 Å². The Hall–Kier alpha value is -4.43. The minimum atomic E-state index is -1.13. The lowest BCUT2D eigenvalue weighted by Crippen LogP contribution is -2.61. The van der Waals surface area contributed by atoms with Crippen molar-refractivity contribution in [2.24, 2.45) is 17.6 Å². The first-order chi connectivity index (χ1) is 25.2. The number of carboxylic acid groups (broad SMARTS) is 1. The summed E-state index contributed by atoms with van der Waals surface area (Å²) in [6, 6.07) is 12.1. The quantitative estimate of drug-likeness (QED) is 0.117. The van der Waals surface area contributed by atoms with Crippen LogP contribution in [0, 0.1) is 11.8 Å². The normalized spacial score (nSPS) is 17.0. The Bertz CT molecular complexity index is 1530. The van der Waals surface area contributed by atoms with Crippen LogP contribution in [0.5, 0.6) is 0 Å². The van der Waals surface area contributed by atoms with Crippen molar-refractivity contribution in [3.8, 4) is 0 Å². The number of aliphatic carboxylic acids is 1. The zero-order chi connectivity index (χ0) is 39.1. The summed E-state index contributed by atoms with van der Waals surface area (Å²) in [5.41, 5.74) is 7.61. The third kappa shape index (κ3) is 13.5. The van der Waals surface area contributed by atoms with E-state index < -0.39 is 77.7 Å². The molecule has 2 aromatic carbocycles. The molecule has 0 saturated carbocycles. The number of carbonyl (C=O) groups is 6. The first-order valence-corrected chi connectivity index (χ1v) is 19.7. The van der Waals surface area contributed by atoms with E-state index in [1.54, 1.807) is 25.6 Å². The lowest BCUT2D eigenvalue weighted by Gasteiger charge is -2.30. The Kier molecular flexibility index (Phi) is 17.3. The Morgan fingerprint density at radius 3 is 1.83 bits per heavy atom. The van der Waals surface area contributed by atoms with Crippen LogP contribution >= 0.6 is 11.8 Å². The van der Waals surface area contributed by atoms with Crippen LogP contribution in [-0.2, 0) is 41.6 Å². The van der Waals surface area contributed by atoms with E-state index >= 15 is 0 Å². The predicted molar refractivity (Wildman–Crippen MR) is 206 cm³/mol. The van der Waals surface area contributed by atoms with E-state index in [1.807, 2.05) is 80.8 Å². The number of nitrogens with two attached hydrogens (primary N) is 1. The molecule has 0 unspecified atom stereocenters. The summed E-state index contributed by atoms with van der Waals surface area (Å²) in [4.78, 5) is 81.9. The second-order valence-electron chi connectivity index (χ2n) is 14.3. The Labute approximate surface area is 317 Å². The molecule has 1 saturated heterocycles. The maximum atomic E-state index is 14.1. The summed E-state index contributed by atoms with van der Waals surface area (Å²) in [6.07, 6.45) is 3.72. The van der Waals surface area contributed by atoms with E-state index in [0.29, 0.717) is 31.4 Å². The van der Waals surface area contributed by atoms with Gasteiger partial charge in [-0.25, -0.2) is 4.79 Å². The van der Waals surface area contributed by atoms with Crippen LogP contribution in [0.1, 0.15) is 64.5 Å². The van der Waals surface area contributed by atoms with E-state index in [0.717, 1.165) is 11.1 Å². The number of hydrogen-bond donors (Lipinski definition) is 6. The van der Waals surface area contributed by atoms with Crippen molar-refractivity contribution < 1.29 is 33.9 Å². The van der Waals surface area contributed by atoms with Gasteiger partial charge in [0.15, 0.2) is 0 Å². The monoisotopic (exact) mass is 752 g/mol. The van der Waals surface area contributed by atoms with E-state index in [2.05, 4.69) is 21.3 Å². The zero-order valence-electron chi connectivity index (χ0n) is 31.4. The highest BCUT2D eigenvalue weighted by Gasteiger charge is 2.39. The van der Waals surface area contributed by atoms with Crippen molar-refractivity contribution in [2.75, 3.05) is 18.6 Å². The largest absolute Gasteiger partial charge is 0.480 e. The second-order valence-corrected chi connectivity index (χ2v) is 15.3. The molecule has 6 atom stereocenters. The van der Waals surface area contributed by atoms with Gasteiger partial charge in [0.25, 0.3) is 0 Å². The number of hydrogen-bond acceptors (Lipinski definition) is 8. The van der Waals surface area contributed by atoms with E-state index in [4.69, 9.17) is 5.73 Å². The molecule has 0 radical (unpaired) electrons. The molecule has 1 aliphatic rings. The van der Waals surface area contributed by atoms with E-state index in [9.17, 15) is 33.9 Å². The fraction of sp³-hybridized carbons (Fsp3) is 0.538. The molecule has 0 spiro atoms. The first kappa shape index (κ1) is 43.0. The topological polar surface area (TPSA) is 200 Å². The number of carboxylic acids is 1. The molecule has 1 aliphatic heterocycles. The molecule has 1 heterocycles. The highest BCUT2D eigenvalue weighted by atomic mass is 32.2. The molecule has 0 bridgehead atoms. The first-order valence-electron chi connectivity index (χ1n) is 18.3. The Balaban J connectivity index is 1.85. The molecule has 290 valence electrons. The number of likely N-dealkylation sites (tertiary alicyclic amines) is 1. The number of amides is 5. The smallest absolute Gasteiger partial charge is 0.326 e. The fourth-order valence-corrected chi connectivity index (χ4v) is 6.77. The summed E-state index contributed by atoms with van der Waals surface area (Å²) in [7, 11) is 0. The summed E-state index contributed by atoms with van der Waals surface area (Å²) in [5, 5.41) is 21.0. The van der Waals surface area contributed by atoms with Crippen LogP contribution in [0.4, 0.5) is 0 Å². The molecule has 0 aromatic heterocycles. The van der Waals surface area contributed by atoms with Gasteiger partial charge in [0, 0.05) is 19.4 Å². The van der Waals surface area contributed by atoms with Gasteiger partial charge in [-0.2, -0.15) is 11.8 Å². The van der Waals surface area contributed by atoms with Crippen LogP contribution in [0.25, 0.3) is 0 Å². The minimum Gasteiger partial charge on any atom is -0.480 e. The predicted octanol–water partition coefficient (Wildman–Crippen LogP) is 2.27. The van der Waals surface area contributed by atoms with Crippen LogP contribution in [-0.4, -0.2) is 100 Å². The summed E-state index contributed by atoms with van der Waals surface area (Å²) in [6.45, 7) is 7.59. The minimum absolute atomic E-state index is 0.0294. The molecule has 1 fully saturated rings. The third-order valence-electron chi connectivity index (χ3n) is 9.19. The molecule has 2 aromatic rings. The summed E-state index contributed by atoms with van der Waals surface area (Å²) < 4.78 is 0. The molecule has 5 amide bonds. The van der Waals surface area contributed by atoms with E-state index in [-0.39, 0.29) is 25.3 Å². The van der Waals surface area contributed by atoms with Crippen LogP contribution in [0.3, 0.4) is 0 Å². The van der Waals surface area contributed by atoms with Gasteiger partial charge in [-0.1, -0.05) is 88.4 Å². The lowest BCUT2D eigenvalue weighted by molar-refractivity contribution is -0.149. The molecule has 14 heteroatoms. The van der Waals surface area contributed by atoms with Gasteiger partial charge in [0.2, 0.25) is 29.5 Å². The number of thioether (sulfide) groups is 1. The van der Waals surface area contributed by atoms with Crippen LogP contribution < -0.4 is 27.0 Å². The highest BCUT2D eigenvalue weighted by molar-refractivity contribution is 7.98. The molecule has 53 heavy (non-hydrogen) atoms. The summed E-state index contributed by atoms with van der Waals surface area (Å²) in [5.74, 6) is -3.60. The van der Waals surface area contributed by atoms with Crippen molar-refractivity contribution in [3.05, 3.63) is 71.8 Å². The second kappa shape index (κ2) is 21.3. The third-order valence-corrected chi connectivity index (χ3v) is 9.83. The Morgan fingerprint density at radius 1 is 0.774 bits per heavy atom. The number of rotatable bonds is 20. The summed E-state index contributed by atoms with van der Waals surface area (Å²) >= 11 is 1.56. The number of carbonyl (C=O) groups excluding carboxylic acids is 5. The van der Waals surface area contributed by atoms with Gasteiger partial charge in [0.1, 0.15) is 30.2 Å². The van der Waals surface area contributed by atoms with Gasteiger partial charge in [-0.3, -0.25) is 24.0 Å². The number of nitrogens with one attached hydrogen (secondary N) is 4. The molecule has 3 rings (SSSR count). The molecule has 7 N–H and O–H groups in total. The highest BCUT2D eigenvalue weighted by Crippen LogP contribution is 2.20. The maximum Gasteiger partial charge on any atom is 0.326 e. The molecular weight excluding hydrogens is 697 g/mol. The number of benzene rings is 2. The Morgan fingerprint density at radius 2 is 1.30 bits per heavy atom. The zero-order valence-corrected chi connectivity index (χ0v) is 32.2. The van der Waals surface area contributed by atoms with Gasteiger partial charge < -0.3 is 37.0 Å². The molecule has 0 aliphatic carbocycles. The van der Waals surface area contributed by atoms with Crippen molar-refractivity contribution in [1.29, 1.82) is 0 Å². The average Bonchev–Trinajstić information content (AvgIpc) is 3.63. The number of nitrogens with zero attached hydrogens (tertiary/aromatic N) is 1. The van der Waals surface area contributed by atoms with Crippen LogP contribution in [0.15, 0.2) is 60.7 Å². The van der Waals surface area contributed by atoms with E-state index in [1.165, 1.54) is 4.90 Å². The fourth-order valence-electron chi connectivity index (χ4n) is 6.28. The lowest BCUT2D eigenvalue weighted by atomic mass is 9.98. The maximum absolute atomic E-state index is 14.1. The molecular formula is C39H56N6O7S. The van der Waals surface area contributed by atoms with Crippen molar-refractivity contribution in [2.45, 2.75) is 102 Å². The standard InChI is InChI=1S/C39H56N6O7S/c1-24(2)21-29(41-34(46)28(40)18-20-53-5)35(47)42-30(22-26-13-8-6-9-14-26)36(48)44-33(25(3)4)37(49)43-31(23-27-15-10-7-11-16-27)38(50)45-19-12-17-32(45)39(51)52/h6-11,13-16,24-25,28-33H,12,17-23,40H2,1-5H3,(H,41,46)(H,42,47)(H,43,49)(H,44,48)(H,51,52)/t28-,29-,30+,31+,32-,33-/m0/s1. The SMILES string of the molecule is CSCC[C@H](N)C(=O)N[C@@H](CC(C)C)C(=O)N[C@H](Cc1ccccc1)C(=O)N[C@H](C(=O)N[C@H](Cc1ccccc1)C(=O)N1CCC[C@H]1C(=O)O)C(C)C. The molecule has 13 nitrogen and oxygen atoms in total. The van der Waals surface area contributed by atoms with Gasteiger partial charge in [0.05, 0.1) is 6.04 Å². The van der Waals surface area contributed by atoms with Gasteiger partial charge >= 0.3 is 5.97 Å². The van der Waals surface area contributed by atoms with Gasteiger partial charge in [-0.05, 0) is 60.7 Å². The van der Waals surface area contributed by atoms with Crippen molar-refractivity contribution in [1.82, 2.24) is 26.2 Å².